The lowest BCUT2D eigenvalue weighted by molar-refractivity contribution is -0.114. The third-order valence-electron chi connectivity index (χ3n) is 2.03. The number of fused-ring (bicyclic) bond motifs is 1. The number of nitrogens with one attached hydrogen (secondary N) is 1. The van der Waals surface area contributed by atoms with Crippen molar-refractivity contribution < 1.29 is 9.00 Å². The normalized spacial score (nSPS) is 23.7. The first-order valence-corrected chi connectivity index (χ1v) is 5.31. The number of rotatable bonds is 1. The molecule has 0 spiro atoms. The van der Waals surface area contributed by atoms with E-state index in [1.165, 1.54) is 6.20 Å². The Morgan fingerprint density at radius 2 is 2.46 bits per heavy atom. The Morgan fingerprint density at radius 1 is 1.69 bits per heavy atom. The molecular weight excluding hydrogens is 190 g/mol. The van der Waals surface area contributed by atoms with E-state index in [1.54, 1.807) is 5.01 Å². The Balaban J connectivity index is 2.44. The van der Waals surface area contributed by atoms with Gasteiger partial charge in [0.1, 0.15) is 0 Å². The highest BCUT2D eigenvalue weighted by Crippen LogP contribution is 2.12. The molecule has 0 saturated carbocycles. The van der Waals surface area contributed by atoms with Crippen molar-refractivity contribution in [1.82, 2.24) is 10.4 Å². The minimum atomic E-state index is -1.09. The van der Waals surface area contributed by atoms with Gasteiger partial charge < -0.3 is 15.4 Å². The minimum Gasteiger partial charge on any atom is -0.460 e. The molecule has 1 amide bonds. The van der Waals surface area contributed by atoms with Crippen LogP contribution in [0.2, 0.25) is 0 Å². The first-order chi connectivity index (χ1) is 6.20. The first kappa shape index (κ1) is 8.58. The number of nitrogens with two attached hydrogens (primary N) is 1. The van der Waals surface area contributed by atoms with Crippen LogP contribution < -0.4 is 11.2 Å². The maximum Gasteiger partial charge on any atom is 0.249 e. The van der Waals surface area contributed by atoms with Gasteiger partial charge >= 0.3 is 0 Å². The molecule has 0 radical (unpaired) electrons. The quantitative estimate of drug-likeness (QED) is 0.406. The van der Waals surface area contributed by atoms with Gasteiger partial charge in [-0.05, 0) is 4.99 Å². The molecule has 2 rings (SSSR count). The highest BCUT2D eigenvalue weighted by molar-refractivity contribution is 7.85. The number of carbonyl (C=O) groups is 1. The molecule has 5 nitrogen and oxygen atoms in total. The lowest BCUT2D eigenvalue weighted by Crippen LogP contribution is -2.41. The summed E-state index contributed by atoms with van der Waals surface area (Å²) in [7, 11) is -1.09. The summed E-state index contributed by atoms with van der Waals surface area (Å²) in [5.74, 6) is 0.0817. The molecule has 72 valence electrons. The van der Waals surface area contributed by atoms with Crippen LogP contribution in [0.5, 0.6) is 0 Å². The highest BCUT2D eigenvalue weighted by atomic mass is 32.2. The fourth-order valence-electron chi connectivity index (χ4n) is 1.45. The summed E-state index contributed by atoms with van der Waals surface area (Å²) in [5, 5.41) is 1.72. The summed E-state index contributed by atoms with van der Waals surface area (Å²) in [6.45, 7) is 0.772. The topological polar surface area (TPSA) is 75.4 Å². The molecule has 3 N–H and O–H groups in total. The van der Waals surface area contributed by atoms with Gasteiger partial charge in [-0.25, -0.2) is 5.01 Å². The van der Waals surface area contributed by atoms with Crippen molar-refractivity contribution in [1.29, 1.82) is 0 Å². The van der Waals surface area contributed by atoms with Crippen molar-refractivity contribution in [2.24, 2.45) is 5.73 Å². The summed E-state index contributed by atoms with van der Waals surface area (Å²) in [4.78, 5) is 11.5. The van der Waals surface area contributed by atoms with Crippen LogP contribution in [0, 0.1) is 0 Å². The Morgan fingerprint density at radius 3 is 3.15 bits per heavy atom. The summed E-state index contributed by atoms with van der Waals surface area (Å²) in [5.41, 5.74) is 8.34. The van der Waals surface area contributed by atoms with Crippen molar-refractivity contribution >= 4 is 21.3 Å². The van der Waals surface area contributed by atoms with Crippen LogP contribution in [-0.2, 0) is 19.4 Å². The molecule has 2 aliphatic heterocycles. The monoisotopic (exact) mass is 200 g/mol. The van der Waals surface area contributed by atoms with E-state index in [0.29, 0.717) is 16.3 Å². The van der Waals surface area contributed by atoms with E-state index in [4.69, 9.17) is 5.73 Å². The molecule has 2 aliphatic rings. The van der Waals surface area contributed by atoms with Gasteiger partial charge in [0.15, 0.2) is 0 Å². The lowest BCUT2D eigenvalue weighted by atomic mass is 10.3. The van der Waals surface area contributed by atoms with Gasteiger partial charge in [0, 0.05) is 12.7 Å². The van der Waals surface area contributed by atoms with Crippen LogP contribution in [0.1, 0.15) is 6.42 Å². The number of hydrogen-bond acceptors (Lipinski definition) is 5. The molecule has 0 aromatic heterocycles. The largest absolute Gasteiger partial charge is 0.460 e. The SMILES string of the molecule is NC(=O)C1=CNN2CCC[S-](=O)=C12. The predicted octanol–water partition coefficient (Wildman–Crippen LogP) is -1.33. The summed E-state index contributed by atoms with van der Waals surface area (Å²) >= 11 is 0. The van der Waals surface area contributed by atoms with Gasteiger partial charge in [-0.2, -0.15) is 0 Å². The number of hydrazine groups is 1. The Kier molecular flexibility index (Phi) is 2.01. The molecule has 13 heavy (non-hydrogen) atoms. The summed E-state index contributed by atoms with van der Waals surface area (Å²) in [6.07, 6.45) is 2.38. The van der Waals surface area contributed by atoms with Crippen molar-refractivity contribution in [3.63, 3.8) is 0 Å². The molecule has 0 fully saturated rings. The fraction of sp³-hybridized carbons (Fsp3) is 0.429. The molecule has 2 heterocycles. The second-order valence-corrected chi connectivity index (χ2v) is 4.40. The molecule has 6 heteroatoms. The van der Waals surface area contributed by atoms with Crippen LogP contribution in [0.3, 0.4) is 0 Å². The van der Waals surface area contributed by atoms with Crippen LogP contribution in [0.4, 0.5) is 0 Å². The summed E-state index contributed by atoms with van der Waals surface area (Å²) < 4.78 is 11.5. The second kappa shape index (κ2) is 3.04. The van der Waals surface area contributed by atoms with E-state index in [9.17, 15) is 9.00 Å². The molecule has 0 aliphatic carbocycles. The van der Waals surface area contributed by atoms with Crippen molar-refractivity contribution in [2.45, 2.75) is 6.42 Å². The van der Waals surface area contributed by atoms with E-state index in [2.05, 4.69) is 5.43 Å². The Labute approximate surface area is 77.6 Å². The van der Waals surface area contributed by atoms with E-state index in [1.807, 2.05) is 0 Å². The van der Waals surface area contributed by atoms with E-state index in [0.717, 1.165) is 13.0 Å². The van der Waals surface area contributed by atoms with Crippen LogP contribution in [-0.4, -0.2) is 28.2 Å². The number of nitrogens with zero attached hydrogens (tertiary/aromatic N) is 1. The van der Waals surface area contributed by atoms with Crippen LogP contribution in [0.15, 0.2) is 11.8 Å². The molecule has 0 aromatic rings. The third kappa shape index (κ3) is 1.31. The molecule has 0 aromatic carbocycles. The molecule has 0 bridgehead atoms. The number of primary amides is 1. The zero-order valence-corrected chi connectivity index (χ0v) is 7.76. The minimum absolute atomic E-state index is 0.345. The molecule has 0 saturated heterocycles. The van der Waals surface area contributed by atoms with Gasteiger partial charge in [-0.3, -0.25) is 15.2 Å². The second-order valence-electron chi connectivity index (χ2n) is 2.91. The van der Waals surface area contributed by atoms with Crippen molar-refractivity contribution in [2.75, 3.05) is 12.3 Å². The summed E-state index contributed by atoms with van der Waals surface area (Å²) in [6, 6.07) is 0. The molecule has 0 atom stereocenters. The predicted molar refractivity (Wildman–Crippen MR) is 49.7 cm³/mol. The third-order valence-corrected chi connectivity index (χ3v) is 3.56. The van der Waals surface area contributed by atoms with Gasteiger partial charge in [-0.1, -0.05) is 6.42 Å². The van der Waals surface area contributed by atoms with E-state index >= 15 is 0 Å². The van der Waals surface area contributed by atoms with E-state index in [-0.39, 0.29) is 0 Å². The lowest BCUT2D eigenvalue weighted by Gasteiger charge is -2.29. The first-order valence-electron chi connectivity index (χ1n) is 3.99. The smallest absolute Gasteiger partial charge is 0.249 e. The number of amides is 1. The fourth-order valence-corrected chi connectivity index (χ4v) is 2.83. The molecule has 0 unspecified atom stereocenters. The zero-order chi connectivity index (χ0) is 9.42. The van der Waals surface area contributed by atoms with Crippen molar-refractivity contribution in [3.05, 3.63) is 11.8 Å². The van der Waals surface area contributed by atoms with Gasteiger partial charge in [-0.15, -0.1) is 5.75 Å². The maximum atomic E-state index is 11.5. The standard InChI is InChI=1S/C7H10N3O2S/c8-6(11)5-4-9-10-2-1-3-13(12)7(5)10/h4,9H,1-3H2,(H2,8,11)/q-1. The van der Waals surface area contributed by atoms with Crippen LogP contribution in [0.25, 0.3) is 0 Å². The van der Waals surface area contributed by atoms with Gasteiger partial charge in [0.2, 0.25) is 5.91 Å². The number of carbonyl (C=O) groups excluding carboxylic acids is 1. The van der Waals surface area contributed by atoms with Crippen molar-refractivity contribution in [3.8, 4) is 0 Å². The highest BCUT2D eigenvalue weighted by Gasteiger charge is 2.22. The maximum absolute atomic E-state index is 11.5. The zero-order valence-electron chi connectivity index (χ0n) is 6.95. The Bertz CT molecular complexity index is 368. The van der Waals surface area contributed by atoms with Crippen LogP contribution >= 0.6 is 0 Å². The van der Waals surface area contributed by atoms with E-state index < -0.39 is 16.3 Å². The average Bonchev–Trinajstić information content (AvgIpc) is 2.49. The Hall–Kier alpha value is -1.01. The van der Waals surface area contributed by atoms with Gasteiger partial charge in [0.25, 0.3) is 0 Å². The van der Waals surface area contributed by atoms with Gasteiger partial charge in [0.05, 0.1) is 5.57 Å². The number of hydrogen-bond donors (Lipinski definition) is 2. The average molecular weight is 200 g/mol. The molecular formula is C7H10N3O2S-.